The van der Waals surface area contributed by atoms with Crippen LogP contribution in [0.4, 0.5) is 0 Å². The molecule has 2 unspecified atom stereocenters. The maximum atomic E-state index is 13.8. The van der Waals surface area contributed by atoms with Crippen molar-refractivity contribution in [1.82, 2.24) is 15.1 Å². The zero-order chi connectivity index (χ0) is 32.8. The summed E-state index contributed by atoms with van der Waals surface area (Å²) in [5.41, 5.74) is -0.490. The van der Waals surface area contributed by atoms with Gasteiger partial charge in [-0.2, -0.15) is 0 Å². The molecule has 2 aromatic rings. The second-order valence-corrected chi connectivity index (χ2v) is 14.2. The Morgan fingerprint density at radius 1 is 0.783 bits per heavy atom. The summed E-state index contributed by atoms with van der Waals surface area (Å²) in [5.74, 6) is -4.77. The van der Waals surface area contributed by atoms with Crippen LogP contribution in [0.3, 0.4) is 0 Å². The van der Waals surface area contributed by atoms with Crippen LogP contribution in [0.1, 0.15) is 62.8 Å². The monoisotopic (exact) mass is 687 g/mol. The number of benzene rings is 2. The summed E-state index contributed by atoms with van der Waals surface area (Å²) in [6.07, 6.45) is 8.31. The molecule has 2 atom stereocenters. The van der Waals surface area contributed by atoms with Gasteiger partial charge in [0.05, 0.1) is 40.0 Å². The highest BCUT2D eigenvalue weighted by Crippen LogP contribution is 2.45. The van der Waals surface area contributed by atoms with E-state index in [-0.39, 0.29) is 56.2 Å². The molecule has 246 valence electrons. The molecule has 2 aliphatic heterocycles. The minimum absolute atomic E-state index is 0.0333. The van der Waals surface area contributed by atoms with Gasteiger partial charge in [-0.25, -0.2) is 9.59 Å². The maximum Gasteiger partial charge on any atom is 0.334 e. The van der Waals surface area contributed by atoms with Gasteiger partial charge in [-0.05, 0) is 37.1 Å². The normalized spacial score (nSPS) is 20.9. The summed E-state index contributed by atoms with van der Waals surface area (Å²) in [6, 6.07) is 13.7. The number of halogens is 2. The number of dihydropyridines is 1. The summed E-state index contributed by atoms with van der Waals surface area (Å²) >= 11 is 13.1. The third kappa shape index (κ3) is 7.85. The summed E-state index contributed by atoms with van der Waals surface area (Å²) < 4.78 is 13.4. The van der Waals surface area contributed by atoms with Crippen LogP contribution >= 0.6 is 23.2 Å². The van der Waals surface area contributed by atoms with E-state index >= 15 is 0 Å². The molecule has 1 saturated carbocycles. The van der Waals surface area contributed by atoms with Gasteiger partial charge in [-0.15, -0.1) is 0 Å². The molecule has 1 saturated heterocycles. The van der Waals surface area contributed by atoms with Crippen LogP contribution in [0.2, 0.25) is 10.0 Å². The van der Waals surface area contributed by atoms with Crippen molar-refractivity contribution in [2.24, 2.45) is 0 Å². The van der Waals surface area contributed by atoms with E-state index in [4.69, 9.17) is 23.2 Å². The Morgan fingerprint density at radius 3 is 1.93 bits per heavy atom. The predicted molar refractivity (Wildman–Crippen MR) is 178 cm³/mol. The first-order valence-corrected chi connectivity index (χ1v) is 17.8. The number of hydrogen-bond donors (Lipinski definition) is 3. The van der Waals surface area contributed by atoms with Gasteiger partial charge in [-0.1, -0.05) is 79.6 Å². The third-order valence-electron chi connectivity index (χ3n) is 9.15. The lowest BCUT2D eigenvalue weighted by Gasteiger charge is -2.40. The molecule has 0 aromatic heterocycles. The van der Waals surface area contributed by atoms with E-state index in [0.29, 0.717) is 24.0 Å². The highest BCUT2D eigenvalue weighted by Gasteiger charge is 2.41. The molecule has 3 aliphatic rings. The number of carboxylic acid groups (broad SMARTS) is 2. The van der Waals surface area contributed by atoms with E-state index in [1.807, 2.05) is 0 Å². The lowest BCUT2D eigenvalue weighted by atomic mass is 9.79. The zero-order valence-corrected chi connectivity index (χ0v) is 27.9. The molecule has 2 aromatic carbocycles. The van der Waals surface area contributed by atoms with Crippen LogP contribution < -0.4 is 5.32 Å². The molecule has 0 bridgehead atoms. The Balaban J connectivity index is 1.46. The van der Waals surface area contributed by atoms with Crippen LogP contribution in [0.15, 0.2) is 76.0 Å². The number of hydrogen-bond acceptors (Lipinski definition) is 6. The summed E-state index contributed by atoms with van der Waals surface area (Å²) in [6.45, 7) is 2.53. The predicted octanol–water partition coefficient (Wildman–Crippen LogP) is 5.81. The van der Waals surface area contributed by atoms with Crippen LogP contribution in [0.25, 0.3) is 0 Å². The number of aliphatic carboxylic acids is 2. The van der Waals surface area contributed by atoms with Crippen molar-refractivity contribution in [1.29, 1.82) is 0 Å². The number of amides is 1. The number of rotatable bonds is 9. The van der Waals surface area contributed by atoms with Gasteiger partial charge in [-0.3, -0.25) is 13.9 Å². The minimum Gasteiger partial charge on any atom is -0.478 e. The summed E-state index contributed by atoms with van der Waals surface area (Å²) in [5, 5.41) is 24.1. The van der Waals surface area contributed by atoms with Gasteiger partial charge in [0.25, 0.3) is 0 Å². The van der Waals surface area contributed by atoms with E-state index in [1.54, 1.807) is 41.3 Å². The van der Waals surface area contributed by atoms with E-state index in [9.17, 15) is 28.8 Å². The van der Waals surface area contributed by atoms with E-state index < -0.39 is 28.7 Å². The minimum atomic E-state index is -1.68. The molecule has 1 aliphatic carbocycles. The molecule has 1 amide bonds. The molecule has 2 heterocycles. The quantitative estimate of drug-likeness (QED) is 0.301. The molecule has 2 fully saturated rings. The first-order chi connectivity index (χ1) is 22.2. The van der Waals surface area contributed by atoms with Crippen LogP contribution in [0, 0.1) is 0 Å². The van der Waals surface area contributed by atoms with Crippen LogP contribution in [-0.4, -0.2) is 80.0 Å². The molecular formula is C34H39Cl2N3O6S. The van der Waals surface area contributed by atoms with Gasteiger partial charge in [0, 0.05) is 64.1 Å². The third-order valence-corrected chi connectivity index (χ3v) is 11.2. The van der Waals surface area contributed by atoms with Crippen molar-refractivity contribution in [3.05, 3.63) is 86.7 Å². The average molecular weight is 689 g/mol. The second-order valence-electron chi connectivity index (χ2n) is 12.0. The molecule has 0 spiro atoms. The standard InChI is InChI=1S/C34H39Cl2N3O6S/c35-24-14-9-15-25(36)29(24)32-30(33(41)42)26(37-27(31(32)34(43)44)21-46(45)23-12-7-4-8-13-23)20-28(40)39-18-16-38(17-19-39)22-10-5-2-1-3-6-11-22/h4,7-9,12-15,22,32,37H,1-3,5-6,10-11,16-21H2,(H,41,42)(H,43,44). The zero-order valence-electron chi connectivity index (χ0n) is 25.6. The van der Waals surface area contributed by atoms with E-state index in [0.717, 1.165) is 13.1 Å². The van der Waals surface area contributed by atoms with E-state index in [1.165, 1.54) is 57.1 Å². The molecular weight excluding hydrogens is 649 g/mol. The topological polar surface area (TPSA) is 127 Å². The molecule has 3 N–H and O–H groups in total. The lowest BCUT2D eigenvalue weighted by molar-refractivity contribution is -0.133. The first kappa shape index (κ1) is 34.2. The summed E-state index contributed by atoms with van der Waals surface area (Å²) in [7, 11) is -1.68. The molecule has 12 heteroatoms. The fourth-order valence-corrected chi connectivity index (χ4v) is 8.56. The fraction of sp³-hybridized carbons (Fsp3) is 0.441. The number of piperazine rings is 1. The highest BCUT2D eigenvalue weighted by atomic mass is 35.5. The number of nitrogens with zero attached hydrogens (tertiary/aromatic N) is 2. The SMILES string of the molecule is O=C(O)C1=C(CC(=O)N2CCN(C3CCCCCCC3)CC2)NC(CS(=O)c2ccccc2)=C(C(=O)O)C1c1c(Cl)cccc1Cl. The largest absolute Gasteiger partial charge is 0.478 e. The molecule has 5 rings (SSSR count). The fourth-order valence-electron chi connectivity index (χ4n) is 6.83. The molecule has 9 nitrogen and oxygen atoms in total. The molecule has 0 radical (unpaired) electrons. The smallest absolute Gasteiger partial charge is 0.334 e. The van der Waals surface area contributed by atoms with Crippen LogP contribution in [0.5, 0.6) is 0 Å². The van der Waals surface area contributed by atoms with Gasteiger partial charge >= 0.3 is 11.9 Å². The molecule has 46 heavy (non-hydrogen) atoms. The Labute approximate surface area is 281 Å². The number of carbonyl (C=O) groups excluding carboxylic acids is 1. The maximum absolute atomic E-state index is 13.8. The van der Waals surface area contributed by atoms with Crippen molar-refractivity contribution >= 4 is 51.8 Å². The van der Waals surface area contributed by atoms with Crippen molar-refractivity contribution in [3.8, 4) is 0 Å². The Morgan fingerprint density at radius 2 is 1.35 bits per heavy atom. The van der Waals surface area contributed by atoms with Crippen molar-refractivity contribution in [3.63, 3.8) is 0 Å². The Hall–Kier alpha value is -3.18. The number of carbonyl (C=O) groups is 3. The van der Waals surface area contributed by atoms with E-state index in [2.05, 4.69) is 10.2 Å². The van der Waals surface area contributed by atoms with Crippen molar-refractivity contribution in [2.45, 2.75) is 68.2 Å². The second kappa shape index (κ2) is 15.6. The summed E-state index contributed by atoms with van der Waals surface area (Å²) in [4.78, 5) is 44.2. The first-order valence-electron chi connectivity index (χ1n) is 15.7. The Kier molecular flexibility index (Phi) is 11.6. The van der Waals surface area contributed by atoms with Gasteiger partial charge in [0.1, 0.15) is 0 Å². The van der Waals surface area contributed by atoms with Crippen LogP contribution in [-0.2, 0) is 25.2 Å². The number of nitrogens with one attached hydrogen (secondary N) is 1. The van der Waals surface area contributed by atoms with Gasteiger partial charge in [0.2, 0.25) is 5.91 Å². The van der Waals surface area contributed by atoms with Gasteiger partial charge in [0.15, 0.2) is 0 Å². The highest BCUT2D eigenvalue weighted by molar-refractivity contribution is 7.85. The van der Waals surface area contributed by atoms with Crippen molar-refractivity contribution in [2.75, 3.05) is 31.9 Å². The average Bonchev–Trinajstić information content (AvgIpc) is 3.01. The lowest BCUT2D eigenvalue weighted by Crippen LogP contribution is -2.52. The van der Waals surface area contributed by atoms with Gasteiger partial charge < -0.3 is 20.4 Å². The number of carboxylic acids is 2. The Bertz CT molecular complexity index is 1530. The van der Waals surface area contributed by atoms with Crippen molar-refractivity contribution < 1.29 is 28.8 Å².